The molecule has 0 saturated heterocycles. The van der Waals surface area contributed by atoms with Crippen molar-refractivity contribution in [3.8, 4) is 0 Å². The first-order valence-corrected chi connectivity index (χ1v) is 6.44. The fourth-order valence-corrected chi connectivity index (χ4v) is 2.02. The van der Waals surface area contributed by atoms with E-state index in [0.29, 0.717) is 19.0 Å². The van der Waals surface area contributed by atoms with Gasteiger partial charge in [0.1, 0.15) is 0 Å². The minimum atomic E-state index is -0.406. The summed E-state index contributed by atoms with van der Waals surface area (Å²) in [4.78, 5) is 21.9. The molecule has 2 amide bonds. The van der Waals surface area contributed by atoms with Crippen molar-refractivity contribution in [2.45, 2.75) is 33.6 Å². The van der Waals surface area contributed by atoms with Gasteiger partial charge in [-0.15, -0.1) is 0 Å². The summed E-state index contributed by atoms with van der Waals surface area (Å²) in [6, 6.07) is 0. The van der Waals surface area contributed by atoms with E-state index >= 15 is 0 Å². The van der Waals surface area contributed by atoms with E-state index in [4.69, 9.17) is 0 Å². The lowest BCUT2D eigenvalue weighted by atomic mass is 9.80. The minimum Gasteiger partial charge on any atom is -0.453 e. The zero-order chi connectivity index (χ0) is 14.9. The SMILES string of the molecule is COC(=O)NCCC(C)(C)CC(C)CNC(=O)OC. The lowest BCUT2D eigenvalue weighted by Gasteiger charge is -2.28. The molecule has 6 nitrogen and oxygen atoms in total. The Bertz CT molecular complexity index is 292. The third kappa shape index (κ3) is 9.16. The summed E-state index contributed by atoms with van der Waals surface area (Å²) >= 11 is 0. The largest absolute Gasteiger partial charge is 0.453 e. The fraction of sp³-hybridized carbons (Fsp3) is 0.846. The van der Waals surface area contributed by atoms with E-state index < -0.39 is 12.2 Å². The molecule has 19 heavy (non-hydrogen) atoms. The van der Waals surface area contributed by atoms with Gasteiger partial charge in [-0.1, -0.05) is 20.8 Å². The second kappa shape index (κ2) is 8.61. The van der Waals surface area contributed by atoms with Crippen molar-refractivity contribution >= 4 is 12.2 Å². The average Bonchev–Trinajstić information content (AvgIpc) is 2.34. The zero-order valence-corrected chi connectivity index (χ0v) is 12.5. The summed E-state index contributed by atoms with van der Waals surface area (Å²) in [5.74, 6) is 0.340. The van der Waals surface area contributed by atoms with Gasteiger partial charge in [0, 0.05) is 13.1 Å². The first-order valence-electron chi connectivity index (χ1n) is 6.44. The van der Waals surface area contributed by atoms with Crippen LogP contribution in [0.5, 0.6) is 0 Å². The smallest absolute Gasteiger partial charge is 0.406 e. The van der Waals surface area contributed by atoms with Crippen LogP contribution in [-0.2, 0) is 9.47 Å². The molecule has 0 aromatic rings. The Morgan fingerprint density at radius 3 is 2.16 bits per heavy atom. The second-order valence-corrected chi connectivity index (χ2v) is 5.51. The number of methoxy groups -OCH3 is 2. The standard InChI is InChI=1S/C13H26N2O4/c1-10(9-15-12(17)19-5)8-13(2,3)6-7-14-11(16)18-4/h10H,6-9H2,1-5H3,(H,14,16)(H,15,17). The molecule has 0 aliphatic rings. The molecule has 2 N–H and O–H groups in total. The Balaban J connectivity index is 3.92. The quantitative estimate of drug-likeness (QED) is 0.745. The first-order chi connectivity index (χ1) is 8.80. The molecule has 0 heterocycles. The number of nitrogens with one attached hydrogen (secondary N) is 2. The molecular weight excluding hydrogens is 248 g/mol. The van der Waals surface area contributed by atoms with E-state index in [0.717, 1.165) is 12.8 Å². The molecule has 0 aliphatic heterocycles. The number of rotatable bonds is 7. The van der Waals surface area contributed by atoms with Crippen molar-refractivity contribution in [2.75, 3.05) is 27.3 Å². The summed E-state index contributed by atoms with van der Waals surface area (Å²) in [5.41, 5.74) is 0.0816. The Kier molecular flexibility index (Phi) is 7.95. The summed E-state index contributed by atoms with van der Waals surface area (Å²) in [6.45, 7) is 7.52. The maximum absolute atomic E-state index is 11.0. The topological polar surface area (TPSA) is 76.7 Å². The van der Waals surface area contributed by atoms with E-state index in [9.17, 15) is 9.59 Å². The second-order valence-electron chi connectivity index (χ2n) is 5.51. The Morgan fingerprint density at radius 2 is 1.63 bits per heavy atom. The lowest BCUT2D eigenvalue weighted by molar-refractivity contribution is 0.163. The molecule has 0 fully saturated rings. The van der Waals surface area contributed by atoms with Crippen LogP contribution in [0.4, 0.5) is 9.59 Å². The van der Waals surface area contributed by atoms with E-state index in [1.54, 1.807) is 0 Å². The highest BCUT2D eigenvalue weighted by atomic mass is 16.5. The Hall–Kier alpha value is -1.46. The predicted octanol–water partition coefficient (Wildman–Crippen LogP) is 2.14. The third-order valence-electron chi connectivity index (χ3n) is 2.94. The van der Waals surface area contributed by atoms with Gasteiger partial charge in [0.2, 0.25) is 0 Å². The van der Waals surface area contributed by atoms with Crippen LogP contribution in [0.1, 0.15) is 33.6 Å². The lowest BCUT2D eigenvalue weighted by Crippen LogP contribution is -2.32. The molecule has 0 spiro atoms. The van der Waals surface area contributed by atoms with Gasteiger partial charge in [-0.25, -0.2) is 9.59 Å². The Morgan fingerprint density at radius 1 is 1.11 bits per heavy atom. The molecular formula is C13H26N2O4. The minimum absolute atomic E-state index is 0.0816. The van der Waals surface area contributed by atoms with Crippen LogP contribution in [0, 0.1) is 11.3 Å². The van der Waals surface area contributed by atoms with Crippen LogP contribution in [0.15, 0.2) is 0 Å². The maximum atomic E-state index is 11.0. The molecule has 0 aliphatic carbocycles. The molecule has 0 rings (SSSR count). The van der Waals surface area contributed by atoms with Gasteiger partial charge in [0.15, 0.2) is 0 Å². The van der Waals surface area contributed by atoms with E-state index in [1.165, 1.54) is 14.2 Å². The van der Waals surface area contributed by atoms with Gasteiger partial charge in [-0.05, 0) is 24.2 Å². The van der Waals surface area contributed by atoms with Gasteiger partial charge in [-0.2, -0.15) is 0 Å². The van der Waals surface area contributed by atoms with E-state index in [-0.39, 0.29) is 5.41 Å². The van der Waals surface area contributed by atoms with Crippen molar-refractivity contribution in [3.63, 3.8) is 0 Å². The number of carbonyl (C=O) groups is 2. The third-order valence-corrected chi connectivity index (χ3v) is 2.94. The number of alkyl carbamates (subject to hydrolysis) is 2. The molecule has 0 saturated carbocycles. The van der Waals surface area contributed by atoms with Crippen LogP contribution < -0.4 is 10.6 Å². The summed E-state index contributed by atoms with van der Waals surface area (Å²) in [7, 11) is 2.70. The van der Waals surface area contributed by atoms with Gasteiger partial charge in [0.25, 0.3) is 0 Å². The van der Waals surface area contributed by atoms with Crippen LogP contribution in [0.2, 0.25) is 0 Å². The monoisotopic (exact) mass is 274 g/mol. The fourth-order valence-electron chi connectivity index (χ4n) is 2.02. The normalized spacial score (nSPS) is 12.5. The van der Waals surface area contributed by atoms with Crippen molar-refractivity contribution in [3.05, 3.63) is 0 Å². The number of carbonyl (C=O) groups excluding carboxylic acids is 2. The van der Waals surface area contributed by atoms with Gasteiger partial charge in [-0.3, -0.25) is 0 Å². The highest BCUT2D eigenvalue weighted by molar-refractivity contribution is 5.67. The molecule has 1 atom stereocenters. The van der Waals surface area contributed by atoms with Crippen molar-refractivity contribution in [2.24, 2.45) is 11.3 Å². The van der Waals surface area contributed by atoms with E-state index in [2.05, 4.69) is 40.9 Å². The zero-order valence-electron chi connectivity index (χ0n) is 12.5. The number of ether oxygens (including phenoxy) is 2. The summed E-state index contributed by atoms with van der Waals surface area (Å²) in [6.07, 6.45) is 0.984. The average molecular weight is 274 g/mol. The van der Waals surface area contributed by atoms with Crippen LogP contribution >= 0.6 is 0 Å². The number of hydrogen-bond donors (Lipinski definition) is 2. The maximum Gasteiger partial charge on any atom is 0.406 e. The van der Waals surface area contributed by atoms with Crippen molar-refractivity contribution < 1.29 is 19.1 Å². The van der Waals surface area contributed by atoms with Crippen LogP contribution in [0.3, 0.4) is 0 Å². The predicted molar refractivity (Wildman–Crippen MR) is 73.0 cm³/mol. The first kappa shape index (κ1) is 17.5. The van der Waals surface area contributed by atoms with Gasteiger partial charge >= 0.3 is 12.2 Å². The molecule has 6 heteroatoms. The van der Waals surface area contributed by atoms with Gasteiger partial charge in [0.05, 0.1) is 14.2 Å². The highest BCUT2D eigenvalue weighted by Gasteiger charge is 2.21. The van der Waals surface area contributed by atoms with Crippen molar-refractivity contribution in [1.29, 1.82) is 0 Å². The number of hydrogen-bond acceptors (Lipinski definition) is 4. The highest BCUT2D eigenvalue weighted by Crippen LogP contribution is 2.28. The van der Waals surface area contributed by atoms with Crippen molar-refractivity contribution in [1.82, 2.24) is 10.6 Å². The molecule has 0 bridgehead atoms. The molecule has 0 aromatic carbocycles. The van der Waals surface area contributed by atoms with Crippen LogP contribution in [-0.4, -0.2) is 39.5 Å². The molecule has 112 valence electrons. The molecule has 1 unspecified atom stereocenters. The van der Waals surface area contributed by atoms with Gasteiger partial charge < -0.3 is 20.1 Å². The Labute approximate surface area is 115 Å². The van der Waals surface area contributed by atoms with E-state index in [1.807, 2.05) is 0 Å². The summed E-state index contributed by atoms with van der Waals surface area (Å²) < 4.78 is 9.03. The molecule has 0 aromatic heterocycles. The summed E-state index contributed by atoms with van der Waals surface area (Å²) in [5, 5.41) is 5.36. The number of amides is 2. The van der Waals surface area contributed by atoms with Crippen LogP contribution in [0.25, 0.3) is 0 Å². The molecule has 0 radical (unpaired) electrons.